The van der Waals surface area contributed by atoms with E-state index < -0.39 is 11.9 Å². The molecule has 1 heterocycles. The molecule has 1 aromatic heterocycles. The molecule has 1 aliphatic carbocycles. The summed E-state index contributed by atoms with van der Waals surface area (Å²) in [5, 5.41) is 12.2. The molecule has 0 spiro atoms. The normalized spacial score (nSPS) is 23.0. The van der Waals surface area contributed by atoms with Crippen molar-refractivity contribution in [3.63, 3.8) is 0 Å². The van der Waals surface area contributed by atoms with Gasteiger partial charge in [0.2, 0.25) is 5.91 Å². The van der Waals surface area contributed by atoms with E-state index in [2.05, 4.69) is 5.32 Å². The summed E-state index contributed by atoms with van der Waals surface area (Å²) in [7, 11) is 0. The van der Waals surface area contributed by atoms with Crippen molar-refractivity contribution in [3.8, 4) is 0 Å². The zero-order valence-electron chi connectivity index (χ0n) is 11.5. The van der Waals surface area contributed by atoms with Crippen LogP contribution in [0.25, 0.3) is 0 Å². The molecule has 0 aliphatic heterocycles. The Hall–Kier alpha value is -1.78. The van der Waals surface area contributed by atoms with Gasteiger partial charge in [-0.1, -0.05) is 19.3 Å². The molecule has 0 bridgehead atoms. The monoisotopic (exact) mass is 279 g/mol. The van der Waals surface area contributed by atoms with Crippen molar-refractivity contribution < 1.29 is 19.1 Å². The highest BCUT2D eigenvalue weighted by molar-refractivity contribution is 5.78. The van der Waals surface area contributed by atoms with E-state index in [4.69, 9.17) is 4.42 Å². The van der Waals surface area contributed by atoms with E-state index in [0.29, 0.717) is 19.3 Å². The van der Waals surface area contributed by atoms with Crippen molar-refractivity contribution in [2.24, 2.45) is 5.92 Å². The Morgan fingerprint density at radius 3 is 2.80 bits per heavy atom. The maximum absolute atomic E-state index is 11.9. The topological polar surface area (TPSA) is 79.5 Å². The van der Waals surface area contributed by atoms with Crippen LogP contribution in [-0.2, 0) is 16.0 Å². The Bertz CT molecular complexity index is 441. The molecule has 1 aliphatic rings. The van der Waals surface area contributed by atoms with Gasteiger partial charge in [-0.05, 0) is 25.0 Å². The molecule has 0 radical (unpaired) electrons. The van der Waals surface area contributed by atoms with Crippen molar-refractivity contribution in [1.29, 1.82) is 0 Å². The number of nitrogens with one attached hydrogen (secondary N) is 1. The molecule has 2 rings (SSSR count). The highest BCUT2D eigenvalue weighted by atomic mass is 16.4. The molecular formula is C15H21NO4. The summed E-state index contributed by atoms with van der Waals surface area (Å²) < 4.78 is 5.18. The lowest BCUT2D eigenvalue weighted by Gasteiger charge is -2.22. The van der Waals surface area contributed by atoms with Crippen LogP contribution in [0.3, 0.4) is 0 Å². The average molecular weight is 279 g/mol. The van der Waals surface area contributed by atoms with Gasteiger partial charge >= 0.3 is 5.97 Å². The molecule has 1 amide bonds. The number of aryl methyl sites for hydroxylation is 1. The number of hydrogen-bond donors (Lipinski definition) is 2. The number of carboxylic acids is 1. The molecule has 2 N–H and O–H groups in total. The quantitative estimate of drug-likeness (QED) is 0.811. The first-order valence-corrected chi connectivity index (χ1v) is 7.21. The Balaban J connectivity index is 1.85. The van der Waals surface area contributed by atoms with E-state index in [1.165, 1.54) is 0 Å². The maximum Gasteiger partial charge on any atom is 0.308 e. The molecule has 5 heteroatoms. The molecule has 5 nitrogen and oxygen atoms in total. The Kier molecular flexibility index (Phi) is 5.21. The van der Waals surface area contributed by atoms with Gasteiger partial charge in [-0.2, -0.15) is 0 Å². The van der Waals surface area contributed by atoms with Crippen LogP contribution in [0.15, 0.2) is 22.8 Å². The highest BCUT2D eigenvalue weighted by Gasteiger charge is 2.30. The van der Waals surface area contributed by atoms with Crippen LogP contribution in [0.4, 0.5) is 0 Å². The van der Waals surface area contributed by atoms with Crippen molar-refractivity contribution in [2.75, 3.05) is 0 Å². The largest absolute Gasteiger partial charge is 0.481 e. The fourth-order valence-electron chi connectivity index (χ4n) is 2.75. The molecule has 2 atom stereocenters. The Labute approximate surface area is 118 Å². The van der Waals surface area contributed by atoms with Gasteiger partial charge in [-0.3, -0.25) is 9.59 Å². The fraction of sp³-hybridized carbons (Fsp3) is 0.600. The lowest BCUT2D eigenvalue weighted by Crippen LogP contribution is -2.42. The predicted octanol–water partition coefficient (Wildman–Crippen LogP) is 2.36. The number of carbonyl (C=O) groups is 2. The second kappa shape index (κ2) is 7.12. The summed E-state index contributed by atoms with van der Waals surface area (Å²) >= 11 is 0. The summed E-state index contributed by atoms with van der Waals surface area (Å²) in [6.07, 6.45) is 6.81. The number of furan rings is 1. The van der Waals surface area contributed by atoms with Gasteiger partial charge in [-0.25, -0.2) is 0 Å². The number of carbonyl (C=O) groups excluding carboxylic acids is 1. The first-order chi connectivity index (χ1) is 9.66. The van der Waals surface area contributed by atoms with E-state index in [-0.39, 0.29) is 11.9 Å². The van der Waals surface area contributed by atoms with Gasteiger partial charge in [-0.15, -0.1) is 0 Å². The van der Waals surface area contributed by atoms with Crippen molar-refractivity contribution >= 4 is 11.9 Å². The number of aliphatic carboxylic acids is 1. The van der Waals surface area contributed by atoms with Crippen LogP contribution in [0.5, 0.6) is 0 Å². The second-order valence-electron chi connectivity index (χ2n) is 5.34. The van der Waals surface area contributed by atoms with Crippen LogP contribution in [0.1, 0.15) is 44.3 Å². The summed E-state index contributed by atoms with van der Waals surface area (Å²) in [5.74, 6) is -0.580. The molecule has 0 aromatic carbocycles. The van der Waals surface area contributed by atoms with E-state index in [0.717, 1.165) is 31.4 Å². The van der Waals surface area contributed by atoms with Gasteiger partial charge in [0.05, 0.1) is 12.2 Å². The Morgan fingerprint density at radius 1 is 1.30 bits per heavy atom. The number of hydrogen-bond acceptors (Lipinski definition) is 3. The Morgan fingerprint density at radius 2 is 2.10 bits per heavy atom. The van der Waals surface area contributed by atoms with E-state index in [9.17, 15) is 14.7 Å². The maximum atomic E-state index is 11.9. The fourth-order valence-corrected chi connectivity index (χ4v) is 2.75. The minimum Gasteiger partial charge on any atom is -0.481 e. The predicted molar refractivity (Wildman–Crippen MR) is 73.2 cm³/mol. The third-order valence-corrected chi connectivity index (χ3v) is 3.86. The first-order valence-electron chi connectivity index (χ1n) is 7.21. The third kappa shape index (κ3) is 4.11. The minimum atomic E-state index is -0.803. The van der Waals surface area contributed by atoms with E-state index in [1.54, 1.807) is 12.3 Å². The molecule has 2 unspecified atom stereocenters. The molecule has 0 saturated heterocycles. The third-order valence-electron chi connectivity index (χ3n) is 3.86. The van der Waals surface area contributed by atoms with Gasteiger partial charge in [0.1, 0.15) is 5.76 Å². The summed E-state index contributed by atoms with van der Waals surface area (Å²) in [6, 6.07) is 3.39. The van der Waals surface area contributed by atoms with Crippen LogP contribution >= 0.6 is 0 Å². The minimum absolute atomic E-state index is 0.0976. The molecule has 1 fully saturated rings. The van der Waals surface area contributed by atoms with Crippen LogP contribution < -0.4 is 5.32 Å². The number of carboxylic acid groups (broad SMARTS) is 1. The van der Waals surface area contributed by atoms with Gasteiger partial charge in [0.15, 0.2) is 0 Å². The zero-order valence-corrected chi connectivity index (χ0v) is 11.5. The van der Waals surface area contributed by atoms with Gasteiger partial charge in [0.25, 0.3) is 0 Å². The summed E-state index contributed by atoms with van der Waals surface area (Å²) in [4.78, 5) is 23.2. The molecule has 110 valence electrons. The van der Waals surface area contributed by atoms with Crippen molar-refractivity contribution in [2.45, 2.75) is 51.0 Å². The van der Waals surface area contributed by atoms with Crippen LogP contribution in [0, 0.1) is 5.92 Å². The first kappa shape index (κ1) is 14.6. The summed E-state index contributed by atoms with van der Waals surface area (Å²) in [5.41, 5.74) is 0. The highest BCUT2D eigenvalue weighted by Crippen LogP contribution is 2.24. The summed E-state index contributed by atoms with van der Waals surface area (Å²) in [6.45, 7) is 0. The van der Waals surface area contributed by atoms with Crippen molar-refractivity contribution in [3.05, 3.63) is 24.2 Å². The molecule has 20 heavy (non-hydrogen) atoms. The van der Waals surface area contributed by atoms with Crippen LogP contribution in [-0.4, -0.2) is 23.0 Å². The molecule has 1 aromatic rings. The lowest BCUT2D eigenvalue weighted by atomic mass is 9.94. The smallest absolute Gasteiger partial charge is 0.308 e. The van der Waals surface area contributed by atoms with Gasteiger partial charge < -0.3 is 14.8 Å². The number of rotatable bonds is 5. The SMILES string of the molecule is O=C(CCc1ccco1)NC1CCCCCC1C(=O)O. The van der Waals surface area contributed by atoms with E-state index >= 15 is 0 Å². The molecule has 1 saturated carbocycles. The lowest BCUT2D eigenvalue weighted by molar-refractivity contribution is -0.143. The van der Waals surface area contributed by atoms with Gasteiger partial charge in [0, 0.05) is 18.9 Å². The average Bonchev–Trinajstić information content (AvgIpc) is 2.82. The number of amides is 1. The standard InChI is InChI=1S/C15H21NO4/c17-14(9-8-11-5-4-10-20-11)16-13-7-3-1-2-6-12(13)15(18)19/h4-5,10,12-13H,1-3,6-9H2,(H,16,17)(H,18,19). The molecular weight excluding hydrogens is 258 g/mol. The van der Waals surface area contributed by atoms with Crippen molar-refractivity contribution in [1.82, 2.24) is 5.32 Å². The second-order valence-corrected chi connectivity index (χ2v) is 5.34. The zero-order chi connectivity index (χ0) is 14.4. The van der Waals surface area contributed by atoms with E-state index in [1.807, 2.05) is 6.07 Å². The van der Waals surface area contributed by atoms with Crippen LogP contribution in [0.2, 0.25) is 0 Å².